The highest BCUT2D eigenvalue weighted by Gasteiger charge is 2.54. The number of hydrogen-bond donors (Lipinski definition) is 3. The van der Waals surface area contributed by atoms with Crippen LogP contribution in [0.15, 0.2) is 60.8 Å². The van der Waals surface area contributed by atoms with Gasteiger partial charge in [0.15, 0.2) is 0 Å². The molecule has 3 aromatic rings. The van der Waals surface area contributed by atoms with Crippen molar-refractivity contribution in [2.24, 2.45) is 23.7 Å². The smallest absolute Gasteiger partial charge is 0.408 e. The first-order valence-corrected chi connectivity index (χ1v) is 13.9. The number of hydrogen-bond acceptors (Lipinski definition) is 3. The lowest BCUT2D eigenvalue weighted by Gasteiger charge is -2.32. The average molecular weight is 500 g/mol. The molecule has 1 heterocycles. The molecule has 6 rings (SSSR count). The van der Waals surface area contributed by atoms with E-state index in [1.54, 1.807) is 0 Å². The molecule has 2 bridgehead atoms. The first-order valence-electron chi connectivity index (χ1n) is 13.9. The summed E-state index contributed by atoms with van der Waals surface area (Å²) in [6, 6.07) is 18.1. The molecule has 1 aromatic heterocycles. The summed E-state index contributed by atoms with van der Waals surface area (Å²) < 4.78 is 6.07. The number of amides is 2. The van der Waals surface area contributed by atoms with Gasteiger partial charge in [0.05, 0.1) is 0 Å². The van der Waals surface area contributed by atoms with E-state index in [2.05, 4.69) is 27.8 Å². The second-order valence-electron chi connectivity index (χ2n) is 11.6. The highest BCUT2D eigenvalue weighted by molar-refractivity contribution is 5.91. The fourth-order valence-corrected chi connectivity index (χ4v) is 7.54. The van der Waals surface area contributed by atoms with E-state index in [1.165, 1.54) is 19.3 Å². The summed E-state index contributed by atoms with van der Waals surface area (Å²) in [5, 5.41) is 7.14. The third-order valence-corrected chi connectivity index (χ3v) is 9.27. The lowest BCUT2D eigenvalue weighted by molar-refractivity contribution is -0.127. The number of H-pyrrole nitrogens is 1. The standard InChI is InChI=1S/C31H37N3O3/c1-31(18-23-19-33-26-10-6-5-9-24(23)26,29(35)32-16-15-20-7-3-2-4-8-20)34-30(36)37-27-14-13-25-21-11-12-22(17-21)28(25)27/h2-10,19,21-22,25,27-28,33H,11-18H2,1H3,(H,32,35)(H,34,36)/t21-,22+,25+,27+,28-,31?/m1/s1. The SMILES string of the molecule is CC(Cc1c[nH]c2ccccc12)(NC(=O)O[C@H]1CC[C@H]2[C@@H]3CC[C@@H](C3)[C@H]21)C(=O)NCCc1ccccc1. The molecule has 3 N–H and O–H groups in total. The van der Waals surface area contributed by atoms with E-state index >= 15 is 0 Å². The van der Waals surface area contributed by atoms with Crippen molar-refractivity contribution >= 4 is 22.9 Å². The maximum absolute atomic E-state index is 13.6. The third kappa shape index (κ3) is 4.74. The van der Waals surface area contributed by atoms with Gasteiger partial charge in [0.2, 0.25) is 5.91 Å². The predicted octanol–water partition coefficient (Wildman–Crippen LogP) is 5.38. The summed E-state index contributed by atoms with van der Waals surface area (Å²) in [6.45, 7) is 2.31. The maximum Gasteiger partial charge on any atom is 0.408 e. The molecule has 0 radical (unpaired) electrons. The van der Waals surface area contributed by atoms with Crippen molar-refractivity contribution in [2.45, 2.75) is 63.5 Å². The minimum Gasteiger partial charge on any atom is -0.446 e. The molecule has 3 fully saturated rings. The molecule has 6 atom stereocenters. The Bertz CT molecular complexity index is 1270. The van der Waals surface area contributed by atoms with Gasteiger partial charge in [0.25, 0.3) is 0 Å². The van der Waals surface area contributed by atoms with Gasteiger partial charge in [0.1, 0.15) is 11.6 Å². The predicted molar refractivity (Wildman–Crippen MR) is 144 cm³/mol. The highest BCUT2D eigenvalue weighted by Crippen LogP contribution is 2.59. The second-order valence-corrected chi connectivity index (χ2v) is 11.6. The molecule has 3 aliphatic carbocycles. The quantitative estimate of drug-likeness (QED) is 0.389. The number of carbonyl (C=O) groups excluding carboxylic acids is 2. The Kier molecular flexibility index (Phi) is 6.43. The highest BCUT2D eigenvalue weighted by atomic mass is 16.6. The molecular weight excluding hydrogens is 462 g/mol. The van der Waals surface area contributed by atoms with Crippen molar-refractivity contribution in [3.05, 3.63) is 71.9 Å². The molecule has 194 valence electrons. The zero-order valence-electron chi connectivity index (χ0n) is 21.5. The molecule has 3 saturated carbocycles. The molecule has 1 unspecified atom stereocenters. The van der Waals surface area contributed by atoms with Gasteiger partial charge in [-0.2, -0.15) is 0 Å². The van der Waals surface area contributed by atoms with Gasteiger partial charge in [-0.05, 0) is 80.4 Å². The van der Waals surface area contributed by atoms with Crippen molar-refractivity contribution in [3.8, 4) is 0 Å². The molecule has 0 saturated heterocycles. The lowest BCUT2D eigenvalue weighted by Crippen LogP contribution is -2.59. The van der Waals surface area contributed by atoms with Crippen LogP contribution < -0.4 is 10.6 Å². The van der Waals surface area contributed by atoms with Gasteiger partial charge < -0.3 is 20.4 Å². The third-order valence-electron chi connectivity index (χ3n) is 9.27. The average Bonchev–Trinajstić information content (AvgIpc) is 3.69. The van der Waals surface area contributed by atoms with Crippen LogP contribution in [0, 0.1) is 23.7 Å². The van der Waals surface area contributed by atoms with Crippen LogP contribution in [-0.2, 0) is 22.4 Å². The lowest BCUT2D eigenvalue weighted by atomic mass is 9.81. The molecule has 37 heavy (non-hydrogen) atoms. The number of para-hydroxylation sites is 1. The Labute approximate surface area is 218 Å². The fraction of sp³-hybridized carbons (Fsp3) is 0.484. The number of fused-ring (bicyclic) bond motifs is 6. The Hall–Kier alpha value is -3.28. The van der Waals surface area contributed by atoms with E-state index in [-0.39, 0.29) is 12.0 Å². The van der Waals surface area contributed by atoms with Crippen molar-refractivity contribution in [1.82, 2.24) is 15.6 Å². The minimum absolute atomic E-state index is 0.0289. The van der Waals surface area contributed by atoms with E-state index in [0.29, 0.717) is 24.8 Å². The fourth-order valence-electron chi connectivity index (χ4n) is 7.54. The Balaban J connectivity index is 1.16. The number of rotatable bonds is 8. The topological polar surface area (TPSA) is 83.2 Å². The largest absolute Gasteiger partial charge is 0.446 e. The molecule has 6 heteroatoms. The number of ether oxygens (including phenoxy) is 1. The van der Waals surface area contributed by atoms with Gasteiger partial charge in [0, 0.05) is 36.0 Å². The van der Waals surface area contributed by atoms with Gasteiger partial charge >= 0.3 is 6.09 Å². The summed E-state index contributed by atoms with van der Waals surface area (Å²) in [5.41, 5.74) is 2.02. The Morgan fingerprint density at radius 2 is 1.78 bits per heavy atom. The zero-order chi connectivity index (χ0) is 25.4. The minimum atomic E-state index is -1.15. The number of carbonyl (C=O) groups is 2. The molecule has 2 amide bonds. The van der Waals surface area contributed by atoms with E-state index in [9.17, 15) is 9.59 Å². The summed E-state index contributed by atoms with van der Waals surface area (Å²) in [7, 11) is 0. The molecule has 3 aliphatic rings. The van der Waals surface area contributed by atoms with Crippen molar-refractivity contribution in [3.63, 3.8) is 0 Å². The Morgan fingerprint density at radius 1 is 1.00 bits per heavy atom. The van der Waals surface area contributed by atoms with Gasteiger partial charge in [-0.3, -0.25) is 4.79 Å². The van der Waals surface area contributed by atoms with Crippen LogP contribution in [0.5, 0.6) is 0 Å². The summed E-state index contributed by atoms with van der Waals surface area (Å²) in [4.78, 5) is 30.2. The first kappa shape index (κ1) is 24.1. The Morgan fingerprint density at radius 3 is 2.65 bits per heavy atom. The van der Waals surface area contributed by atoms with E-state index in [1.807, 2.05) is 55.6 Å². The first-order chi connectivity index (χ1) is 18.0. The number of benzene rings is 2. The van der Waals surface area contributed by atoms with Crippen LogP contribution in [0.4, 0.5) is 4.79 Å². The van der Waals surface area contributed by atoms with Crippen molar-refractivity contribution in [1.29, 1.82) is 0 Å². The van der Waals surface area contributed by atoms with Crippen molar-refractivity contribution < 1.29 is 14.3 Å². The van der Waals surface area contributed by atoms with Crippen molar-refractivity contribution in [2.75, 3.05) is 6.54 Å². The molecular formula is C31H37N3O3. The van der Waals surface area contributed by atoms with Crippen LogP contribution >= 0.6 is 0 Å². The van der Waals surface area contributed by atoms with Crippen LogP contribution in [0.2, 0.25) is 0 Å². The molecule has 0 spiro atoms. The van der Waals surface area contributed by atoms with E-state index in [4.69, 9.17) is 4.74 Å². The van der Waals surface area contributed by atoms with Crippen LogP contribution in [0.25, 0.3) is 10.9 Å². The number of aromatic nitrogens is 1. The summed E-state index contributed by atoms with van der Waals surface area (Å²) in [5.74, 6) is 2.55. The van der Waals surface area contributed by atoms with E-state index < -0.39 is 11.6 Å². The monoisotopic (exact) mass is 499 g/mol. The summed E-state index contributed by atoms with van der Waals surface area (Å²) >= 11 is 0. The molecule has 0 aliphatic heterocycles. The maximum atomic E-state index is 13.6. The molecule has 6 nitrogen and oxygen atoms in total. The normalized spacial score (nSPS) is 27.5. The van der Waals surface area contributed by atoms with Gasteiger partial charge in [-0.25, -0.2) is 4.79 Å². The van der Waals surface area contributed by atoms with Crippen LogP contribution in [0.1, 0.15) is 50.2 Å². The number of nitrogens with one attached hydrogen (secondary N) is 3. The number of aromatic amines is 1. The second kappa shape index (κ2) is 9.88. The molecule has 2 aromatic carbocycles. The zero-order valence-corrected chi connectivity index (χ0v) is 21.5. The van der Waals surface area contributed by atoms with Crippen LogP contribution in [-0.4, -0.2) is 35.2 Å². The van der Waals surface area contributed by atoms with Gasteiger partial charge in [-0.1, -0.05) is 48.5 Å². The van der Waals surface area contributed by atoms with Gasteiger partial charge in [-0.15, -0.1) is 0 Å². The van der Waals surface area contributed by atoms with Crippen LogP contribution in [0.3, 0.4) is 0 Å². The summed E-state index contributed by atoms with van der Waals surface area (Å²) in [6.07, 6.45) is 8.55. The number of alkyl carbamates (subject to hydrolysis) is 1. The van der Waals surface area contributed by atoms with E-state index in [0.717, 1.165) is 53.1 Å².